The maximum absolute atomic E-state index is 12.2. The highest BCUT2D eigenvalue weighted by Crippen LogP contribution is 2.59. The largest absolute Gasteiger partial charge is 0.273 e. The first kappa shape index (κ1) is 15.2. The Hall–Kier alpha value is -2.17. The second-order valence-corrected chi connectivity index (χ2v) is 6.25. The second kappa shape index (κ2) is 5.68. The molecule has 0 aromatic carbocycles. The van der Waals surface area contributed by atoms with Crippen molar-refractivity contribution in [3.8, 4) is 0 Å². The van der Waals surface area contributed by atoms with E-state index in [9.17, 15) is 9.59 Å². The van der Waals surface area contributed by atoms with Crippen molar-refractivity contribution >= 4 is 11.8 Å². The van der Waals surface area contributed by atoms with Crippen LogP contribution in [0.1, 0.15) is 38.1 Å². The first-order chi connectivity index (χ1) is 9.84. The van der Waals surface area contributed by atoms with E-state index in [0.29, 0.717) is 5.56 Å². The van der Waals surface area contributed by atoms with Gasteiger partial charge in [0.25, 0.3) is 5.91 Å². The molecular formula is C16H21N3O2. The zero-order chi connectivity index (χ0) is 15.6. The molecule has 1 saturated carbocycles. The van der Waals surface area contributed by atoms with Crippen LogP contribution in [0.25, 0.3) is 0 Å². The van der Waals surface area contributed by atoms with Crippen molar-refractivity contribution in [2.45, 2.75) is 27.7 Å². The third-order valence-electron chi connectivity index (χ3n) is 3.93. The molecule has 2 unspecified atom stereocenters. The highest BCUT2D eigenvalue weighted by molar-refractivity contribution is 5.95. The minimum atomic E-state index is -0.367. The van der Waals surface area contributed by atoms with E-state index in [1.807, 2.05) is 13.8 Å². The molecule has 1 aromatic heterocycles. The fraction of sp³-hybridized carbons (Fsp3) is 0.438. The van der Waals surface area contributed by atoms with Crippen LogP contribution in [-0.2, 0) is 4.79 Å². The number of pyridine rings is 1. The van der Waals surface area contributed by atoms with Crippen molar-refractivity contribution in [1.29, 1.82) is 0 Å². The van der Waals surface area contributed by atoms with Crippen LogP contribution in [-0.4, -0.2) is 16.8 Å². The number of hydrogen-bond acceptors (Lipinski definition) is 3. The van der Waals surface area contributed by atoms with Gasteiger partial charge in [0.15, 0.2) is 0 Å². The van der Waals surface area contributed by atoms with Gasteiger partial charge in [-0.05, 0) is 37.3 Å². The normalized spacial score (nSPS) is 22.1. The zero-order valence-corrected chi connectivity index (χ0v) is 12.8. The molecule has 0 saturated heterocycles. The van der Waals surface area contributed by atoms with Gasteiger partial charge in [0.05, 0.1) is 11.5 Å². The summed E-state index contributed by atoms with van der Waals surface area (Å²) in [6.45, 7) is 8.16. The van der Waals surface area contributed by atoms with E-state index < -0.39 is 0 Å². The third kappa shape index (κ3) is 3.29. The van der Waals surface area contributed by atoms with Gasteiger partial charge in [-0.1, -0.05) is 25.5 Å². The molecule has 0 radical (unpaired) electrons. The summed E-state index contributed by atoms with van der Waals surface area (Å²) in [4.78, 5) is 27.9. The molecule has 112 valence electrons. The summed E-state index contributed by atoms with van der Waals surface area (Å²) in [5.41, 5.74) is 6.48. The van der Waals surface area contributed by atoms with Gasteiger partial charge >= 0.3 is 0 Å². The van der Waals surface area contributed by atoms with Gasteiger partial charge in [-0.2, -0.15) is 0 Å². The molecule has 1 aromatic rings. The molecule has 2 amide bonds. The van der Waals surface area contributed by atoms with E-state index in [2.05, 4.69) is 35.8 Å². The standard InChI is InChI=1S/C16H21N3O2/c1-10(2)8-12-13(16(12,3)4)15(21)19-18-14(20)11-6-5-7-17-9-11/h5-9,12-13H,1-4H3,(H,18,20)(H,19,21). The number of nitrogens with one attached hydrogen (secondary N) is 2. The molecule has 5 heteroatoms. The van der Waals surface area contributed by atoms with Crippen LogP contribution in [0.3, 0.4) is 0 Å². The lowest BCUT2D eigenvalue weighted by molar-refractivity contribution is -0.123. The van der Waals surface area contributed by atoms with E-state index in [1.54, 1.807) is 18.3 Å². The van der Waals surface area contributed by atoms with E-state index in [-0.39, 0.29) is 29.1 Å². The molecule has 0 spiro atoms. The highest BCUT2D eigenvalue weighted by Gasteiger charge is 2.60. The Morgan fingerprint density at radius 1 is 1.29 bits per heavy atom. The van der Waals surface area contributed by atoms with Crippen LogP contribution < -0.4 is 10.9 Å². The lowest BCUT2D eigenvalue weighted by Gasteiger charge is -2.07. The Morgan fingerprint density at radius 2 is 2.00 bits per heavy atom. The van der Waals surface area contributed by atoms with Gasteiger partial charge in [-0.15, -0.1) is 0 Å². The van der Waals surface area contributed by atoms with Crippen LogP contribution in [0.15, 0.2) is 36.2 Å². The van der Waals surface area contributed by atoms with E-state index in [4.69, 9.17) is 0 Å². The summed E-state index contributed by atoms with van der Waals surface area (Å²) in [6.07, 6.45) is 5.16. The maximum Gasteiger partial charge on any atom is 0.271 e. The Morgan fingerprint density at radius 3 is 2.57 bits per heavy atom. The lowest BCUT2D eigenvalue weighted by atomic mass is 10.1. The van der Waals surface area contributed by atoms with Gasteiger partial charge < -0.3 is 0 Å². The van der Waals surface area contributed by atoms with Gasteiger partial charge in [0.1, 0.15) is 0 Å². The molecule has 2 N–H and O–H groups in total. The Bertz CT molecular complexity index is 574. The van der Waals surface area contributed by atoms with E-state index in [1.165, 1.54) is 11.8 Å². The van der Waals surface area contributed by atoms with Crippen molar-refractivity contribution in [2.24, 2.45) is 17.3 Å². The van der Waals surface area contributed by atoms with Crippen molar-refractivity contribution in [3.63, 3.8) is 0 Å². The predicted octanol–water partition coefficient (Wildman–Crippen LogP) is 2.08. The Kier molecular flexibility index (Phi) is 4.11. The number of nitrogens with zero attached hydrogens (tertiary/aromatic N) is 1. The minimum absolute atomic E-state index is 0.0691. The monoisotopic (exact) mass is 287 g/mol. The summed E-state index contributed by atoms with van der Waals surface area (Å²) >= 11 is 0. The number of hydrazine groups is 1. The van der Waals surface area contributed by atoms with Crippen LogP contribution in [0.4, 0.5) is 0 Å². The smallest absolute Gasteiger partial charge is 0.271 e. The molecule has 0 aliphatic heterocycles. The van der Waals surface area contributed by atoms with Gasteiger partial charge in [-0.25, -0.2) is 0 Å². The molecule has 0 bridgehead atoms. The first-order valence-corrected chi connectivity index (χ1v) is 6.99. The minimum Gasteiger partial charge on any atom is -0.273 e. The quantitative estimate of drug-likeness (QED) is 0.660. The summed E-state index contributed by atoms with van der Waals surface area (Å²) in [5, 5.41) is 0. The molecule has 1 heterocycles. The highest BCUT2D eigenvalue weighted by atomic mass is 16.2. The summed E-state index contributed by atoms with van der Waals surface area (Å²) in [5.74, 6) is -0.409. The zero-order valence-electron chi connectivity index (χ0n) is 12.8. The van der Waals surface area contributed by atoms with Crippen molar-refractivity contribution < 1.29 is 9.59 Å². The van der Waals surface area contributed by atoms with Gasteiger partial charge in [-0.3, -0.25) is 25.4 Å². The summed E-state index contributed by atoms with van der Waals surface area (Å²) in [6, 6.07) is 3.31. The third-order valence-corrected chi connectivity index (χ3v) is 3.93. The number of carbonyl (C=O) groups is 2. The van der Waals surface area contributed by atoms with Gasteiger partial charge in [0.2, 0.25) is 5.91 Å². The number of hydrogen-bond donors (Lipinski definition) is 2. The average Bonchev–Trinajstić information content (AvgIpc) is 2.97. The van der Waals surface area contributed by atoms with Crippen molar-refractivity contribution in [3.05, 3.63) is 41.7 Å². The molecule has 1 aliphatic rings. The first-order valence-electron chi connectivity index (χ1n) is 6.99. The Labute approximate surface area is 124 Å². The van der Waals surface area contributed by atoms with Crippen LogP contribution >= 0.6 is 0 Å². The summed E-state index contributed by atoms with van der Waals surface area (Å²) < 4.78 is 0. The number of amides is 2. The van der Waals surface area contributed by atoms with Gasteiger partial charge in [0, 0.05) is 12.4 Å². The van der Waals surface area contributed by atoms with Crippen LogP contribution in [0.5, 0.6) is 0 Å². The molecule has 1 aliphatic carbocycles. The molecule has 2 atom stereocenters. The Balaban J connectivity index is 1.92. The van der Waals surface area contributed by atoms with Crippen LogP contribution in [0, 0.1) is 17.3 Å². The van der Waals surface area contributed by atoms with Crippen molar-refractivity contribution in [1.82, 2.24) is 15.8 Å². The number of allylic oxidation sites excluding steroid dienone is 2. The average molecular weight is 287 g/mol. The SMILES string of the molecule is CC(C)=CC1C(C(=O)NNC(=O)c2cccnc2)C1(C)C. The van der Waals surface area contributed by atoms with E-state index >= 15 is 0 Å². The molecule has 5 nitrogen and oxygen atoms in total. The fourth-order valence-corrected chi connectivity index (χ4v) is 2.61. The molecule has 1 fully saturated rings. The molecular weight excluding hydrogens is 266 g/mol. The summed E-state index contributed by atoms with van der Waals surface area (Å²) in [7, 11) is 0. The topological polar surface area (TPSA) is 71.1 Å². The van der Waals surface area contributed by atoms with Crippen molar-refractivity contribution in [2.75, 3.05) is 0 Å². The molecule has 2 rings (SSSR count). The van der Waals surface area contributed by atoms with E-state index in [0.717, 1.165) is 0 Å². The van der Waals surface area contributed by atoms with Crippen LogP contribution in [0.2, 0.25) is 0 Å². The maximum atomic E-state index is 12.2. The number of rotatable bonds is 3. The second-order valence-electron chi connectivity index (χ2n) is 6.25. The number of carbonyl (C=O) groups excluding carboxylic acids is 2. The molecule has 21 heavy (non-hydrogen) atoms. The fourth-order valence-electron chi connectivity index (χ4n) is 2.61. The number of aromatic nitrogens is 1. The lowest BCUT2D eigenvalue weighted by Crippen LogP contribution is -2.43. The predicted molar refractivity (Wildman–Crippen MR) is 80.0 cm³/mol.